The fraction of sp³-hybridized carbons (Fsp3) is 0.444. The Morgan fingerprint density at radius 1 is 1.28 bits per heavy atom. The van der Waals surface area contributed by atoms with Gasteiger partial charge in [0.25, 0.3) is 0 Å². The molecule has 0 amide bonds. The fourth-order valence-electron chi connectivity index (χ4n) is 2.37. The van der Waals surface area contributed by atoms with Gasteiger partial charge in [0, 0.05) is 18.2 Å². The van der Waals surface area contributed by atoms with E-state index < -0.39 is 18.3 Å². The third-order valence-corrected chi connectivity index (χ3v) is 5.43. The Labute approximate surface area is 154 Å². The Morgan fingerprint density at radius 2 is 1.88 bits per heavy atom. The number of amidine groups is 1. The zero-order valence-corrected chi connectivity index (χ0v) is 16.2. The van der Waals surface area contributed by atoms with E-state index in [9.17, 15) is 4.79 Å². The van der Waals surface area contributed by atoms with E-state index in [0.29, 0.717) is 11.3 Å². The van der Waals surface area contributed by atoms with E-state index in [1.54, 1.807) is 13.0 Å². The number of hydrogen-bond acceptors (Lipinski definition) is 5. The summed E-state index contributed by atoms with van der Waals surface area (Å²) in [6, 6.07) is 7.41. The zero-order chi connectivity index (χ0) is 18.8. The Hall–Kier alpha value is -1.57. The fourth-order valence-corrected chi connectivity index (χ4v) is 2.96. The molecule has 0 bridgehead atoms. The number of nitrogens with one attached hydrogen (secondary N) is 1. The first-order valence-electron chi connectivity index (χ1n) is 8.16. The van der Waals surface area contributed by atoms with E-state index in [2.05, 4.69) is 0 Å². The van der Waals surface area contributed by atoms with Gasteiger partial charge in [-0.2, -0.15) is 0 Å². The smallest absolute Gasteiger partial charge is 0.400 e. The van der Waals surface area contributed by atoms with Gasteiger partial charge in [0.2, 0.25) is 0 Å². The molecule has 1 aromatic carbocycles. The van der Waals surface area contributed by atoms with Crippen molar-refractivity contribution in [1.82, 2.24) is 0 Å². The van der Waals surface area contributed by atoms with Gasteiger partial charge >= 0.3 is 7.12 Å². The first kappa shape index (κ1) is 19.8. The lowest BCUT2D eigenvalue weighted by atomic mass is 9.78. The number of hydrogen-bond donors (Lipinski definition) is 2. The molecule has 1 fully saturated rings. The minimum Gasteiger partial charge on any atom is -0.400 e. The number of nitrogens with two attached hydrogens (primary N) is 1. The molecule has 1 heterocycles. The van der Waals surface area contributed by atoms with Gasteiger partial charge in [-0.3, -0.25) is 10.2 Å². The largest absolute Gasteiger partial charge is 0.491 e. The molecular weight excluding hydrogens is 335 g/mol. The molecule has 3 N–H and O–H groups in total. The third kappa shape index (κ3) is 4.74. The highest BCUT2D eigenvalue weighted by Crippen LogP contribution is 2.39. The Kier molecular flexibility index (Phi) is 5.81. The first-order chi connectivity index (χ1) is 11.5. The van der Waals surface area contributed by atoms with E-state index in [4.69, 9.17) is 20.5 Å². The first-order valence-corrected chi connectivity index (χ1v) is 9.14. The molecule has 1 aromatic rings. The van der Waals surface area contributed by atoms with Crippen molar-refractivity contribution in [3.05, 3.63) is 40.9 Å². The van der Waals surface area contributed by atoms with Crippen LogP contribution in [0.1, 0.15) is 45.7 Å². The predicted molar refractivity (Wildman–Crippen MR) is 105 cm³/mol. The molecular formula is C18H25BN2O3S. The highest BCUT2D eigenvalue weighted by atomic mass is 32.2. The number of nitrogen functional groups attached to an aromatic ring is 1. The molecule has 5 nitrogen and oxygen atoms in total. The summed E-state index contributed by atoms with van der Waals surface area (Å²) >= 11 is 1.22. The van der Waals surface area contributed by atoms with Gasteiger partial charge < -0.3 is 15.0 Å². The number of thioether (sulfide) groups is 1. The normalized spacial score (nSPS) is 19.1. The van der Waals surface area contributed by atoms with E-state index in [-0.39, 0.29) is 11.0 Å². The van der Waals surface area contributed by atoms with Crippen LogP contribution in [0.2, 0.25) is 0 Å². The molecule has 2 rings (SSSR count). The van der Waals surface area contributed by atoms with Crippen LogP contribution in [0.3, 0.4) is 0 Å². The van der Waals surface area contributed by atoms with Gasteiger partial charge in [0.1, 0.15) is 5.84 Å². The standard InChI is InChI=1S/C18H25BN2O3S/c1-12(22)25-11-15(19-23-17(2,3)18(4,5)24-19)10-13-7-6-8-14(9-13)16(20)21/h6-10H,11H2,1-5H3,(H3,20,21). The molecule has 0 aliphatic carbocycles. The zero-order valence-electron chi connectivity index (χ0n) is 15.4. The van der Waals surface area contributed by atoms with E-state index >= 15 is 0 Å². The van der Waals surface area contributed by atoms with Crippen LogP contribution in [0, 0.1) is 5.41 Å². The molecule has 7 heteroatoms. The van der Waals surface area contributed by atoms with Crippen molar-refractivity contribution in [3.63, 3.8) is 0 Å². The summed E-state index contributed by atoms with van der Waals surface area (Å²) in [7, 11) is -0.516. The van der Waals surface area contributed by atoms with Crippen LogP contribution in [-0.4, -0.2) is 35.0 Å². The summed E-state index contributed by atoms with van der Waals surface area (Å²) in [6.07, 6.45) is 1.95. The second-order valence-corrected chi connectivity index (χ2v) is 8.28. The van der Waals surface area contributed by atoms with Crippen molar-refractivity contribution in [2.45, 2.75) is 45.8 Å². The monoisotopic (exact) mass is 360 g/mol. The van der Waals surface area contributed by atoms with Gasteiger partial charge in [-0.15, -0.1) is 0 Å². The SMILES string of the molecule is CC(=O)SCC(=Cc1cccc(C(=N)N)c1)B1OC(C)(C)C(C)(C)O1. The highest BCUT2D eigenvalue weighted by Gasteiger charge is 2.52. The molecule has 0 unspecified atom stereocenters. The average molecular weight is 360 g/mol. The number of benzene rings is 1. The Morgan fingerprint density at radius 3 is 2.40 bits per heavy atom. The maximum Gasteiger partial charge on any atom is 0.491 e. The molecule has 1 aliphatic rings. The van der Waals surface area contributed by atoms with Crippen LogP contribution < -0.4 is 5.73 Å². The quantitative estimate of drug-likeness (QED) is 0.478. The lowest BCUT2D eigenvalue weighted by molar-refractivity contribution is -0.109. The van der Waals surface area contributed by atoms with Crippen molar-refractivity contribution in [3.8, 4) is 0 Å². The summed E-state index contributed by atoms with van der Waals surface area (Å²) in [5.74, 6) is 0.502. The number of rotatable bonds is 5. The Bertz CT molecular complexity index is 700. The molecule has 0 atom stereocenters. The summed E-state index contributed by atoms with van der Waals surface area (Å²) < 4.78 is 12.3. The van der Waals surface area contributed by atoms with Crippen LogP contribution in [0.25, 0.3) is 6.08 Å². The molecule has 0 radical (unpaired) electrons. The lowest BCUT2D eigenvalue weighted by Gasteiger charge is -2.32. The van der Waals surface area contributed by atoms with Gasteiger partial charge in [0.05, 0.1) is 11.2 Å². The second-order valence-electron chi connectivity index (χ2n) is 7.13. The summed E-state index contributed by atoms with van der Waals surface area (Å²) in [5.41, 5.74) is 7.10. The van der Waals surface area contributed by atoms with Crippen LogP contribution in [0.5, 0.6) is 0 Å². The van der Waals surface area contributed by atoms with Crippen molar-refractivity contribution >= 4 is 35.9 Å². The van der Waals surface area contributed by atoms with Crippen LogP contribution in [0.15, 0.2) is 29.7 Å². The molecule has 134 valence electrons. The van der Waals surface area contributed by atoms with Crippen molar-refractivity contribution < 1.29 is 14.1 Å². The predicted octanol–water partition coefficient (Wildman–Crippen LogP) is 3.27. The van der Waals surface area contributed by atoms with Crippen LogP contribution in [0.4, 0.5) is 0 Å². The van der Waals surface area contributed by atoms with Gasteiger partial charge in [-0.05, 0) is 44.8 Å². The van der Waals surface area contributed by atoms with Crippen molar-refractivity contribution in [2.75, 3.05) is 5.75 Å². The highest BCUT2D eigenvalue weighted by molar-refractivity contribution is 8.13. The minimum absolute atomic E-state index is 0.0190. The second kappa shape index (κ2) is 7.36. The molecule has 0 spiro atoms. The Balaban J connectivity index is 2.35. The third-order valence-electron chi connectivity index (χ3n) is 4.55. The minimum atomic E-state index is -0.516. The molecule has 1 saturated heterocycles. The number of carbonyl (C=O) groups is 1. The molecule has 0 saturated carbocycles. The summed E-state index contributed by atoms with van der Waals surface area (Å²) in [6.45, 7) is 9.54. The van der Waals surface area contributed by atoms with Gasteiger partial charge in [-0.1, -0.05) is 36.0 Å². The maximum absolute atomic E-state index is 11.4. The van der Waals surface area contributed by atoms with E-state index in [1.165, 1.54) is 11.8 Å². The molecule has 0 aromatic heterocycles. The average Bonchev–Trinajstić information content (AvgIpc) is 2.71. The summed E-state index contributed by atoms with van der Waals surface area (Å²) in [4.78, 5) is 11.4. The van der Waals surface area contributed by atoms with Gasteiger partial charge in [0.15, 0.2) is 5.12 Å². The summed E-state index contributed by atoms with van der Waals surface area (Å²) in [5, 5.41) is 7.62. The van der Waals surface area contributed by atoms with E-state index in [0.717, 1.165) is 11.0 Å². The van der Waals surface area contributed by atoms with Crippen molar-refractivity contribution in [1.29, 1.82) is 5.41 Å². The van der Waals surface area contributed by atoms with Gasteiger partial charge in [-0.25, -0.2) is 0 Å². The van der Waals surface area contributed by atoms with Crippen LogP contribution >= 0.6 is 11.8 Å². The topological polar surface area (TPSA) is 85.4 Å². The lowest BCUT2D eigenvalue weighted by Crippen LogP contribution is -2.41. The van der Waals surface area contributed by atoms with E-state index in [1.807, 2.05) is 52.0 Å². The number of carbonyl (C=O) groups excluding carboxylic acids is 1. The maximum atomic E-state index is 11.4. The van der Waals surface area contributed by atoms with Crippen molar-refractivity contribution in [2.24, 2.45) is 5.73 Å². The molecule has 25 heavy (non-hydrogen) atoms. The molecule has 1 aliphatic heterocycles. The van der Waals surface area contributed by atoms with Crippen LogP contribution in [-0.2, 0) is 14.1 Å².